The van der Waals surface area contributed by atoms with Crippen LogP contribution in [0.5, 0.6) is 0 Å². The number of carbonyl (C=O) groups is 1. The molecule has 3 fully saturated rings. The van der Waals surface area contributed by atoms with Crippen LogP contribution in [0.3, 0.4) is 0 Å². The lowest BCUT2D eigenvalue weighted by Crippen LogP contribution is -2.36. The van der Waals surface area contributed by atoms with E-state index >= 15 is 0 Å². The van der Waals surface area contributed by atoms with E-state index in [1.54, 1.807) is 0 Å². The average molecular weight is 282 g/mol. The zero-order chi connectivity index (χ0) is 14.7. The summed E-state index contributed by atoms with van der Waals surface area (Å²) in [5.41, 5.74) is 0. The summed E-state index contributed by atoms with van der Waals surface area (Å²) in [7, 11) is 1.00. The summed E-state index contributed by atoms with van der Waals surface area (Å²) in [5.74, 6) is 6.12. The first kappa shape index (κ1) is 15.8. The molecule has 0 amide bonds. The minimum absolute atomic E-state index is 0.628. The van der Waals surface area contributed by atoms with Crippen molar-refractivity contribution in [2.75, 3.05) is 13.7 Å². The van der Waals surface area contributed by atoms with Crippen molar-refractivity contribution in [2.24, 2.45) is 41.4 Å². The zero-order valence-corrected chi connectivity index (χ0v) is 13.1. The number of aliphatic hydroxyl groups is 1. The van der Waals surface area contributed by atoms with E-state index in [2.05, 4.69) is 13.8 Å². The van der Waals surface area contributed by atoms with Gasteiger partial charge in [0.05, 0.1) is 6.61 Å². The van der Waals surface area contributed by atoms with Crippen LogP contribution in [0.15, 0.2) is 0 Å². The van der Waals surface area contributed by atoms with E-state index in [-0.39, 0.29) is 0 Å². The molecule has 3 heteroatoms. The molecule has 3 aliphatic rings. The Hall–Kier alpha value is -0.570. The predicted molar refractivity (Wildman–Crippen MR) is 79.0 cm³/mol. The number of hydrogen-bond donors (Lipinski definition) is 1. The van der Waals surface area contributed by atoms with Gasteiger partial charge in [-0.15, -0.1) is 0 Å². The van der Waals surface area contributed by atoms with Gasteiger partial charge in [-0.05, 0) is 54.3 Å². The molecule has 0 aromatic heterocycles. The molecule has 0 aliphatic heterocycles. The Morgan fingerprint density at radius 1 is 1.10 bits per heavy atom. The highest BCUT2D eigenvalue weighted by Gasteiger charge is 2.55. The van der Waals surface area contributed by atoms with Gasteiger partial charge in [-0.2, -0.15) is 0 Å². The molecule has 3 aliphatic carbocycles. The second-order valence-corrected chi connectivity index (χ2v) is 7.13. The molecule has 7 atom stereocenters. The Labute approximate surface area is 123 Å². The Morgan fingerprint density at radius 2 is 1.75 bits per heavy atom. The largest absolute Gasteiger partial charge is 0.468 e. The van der Waals surface area contributed by atoms with Gasteiger partial charge in [0.25, 0.3) is 6.47 Å². The Bertz CT molecular complexity index is 317. The maximum Gasteiger partial charge on any atom is 0.293 e. The van der Waals surface area contributed by atoms with Crippen LogP contribution >= 0.6 is 0 Å². The van der Waals surface area contributed by atoms with E-state index in [9.17, 15) is 4.79 Å². The molecule has 3 rings (SSSR count). The van der Waals surface area contributed by atoms with E-state index in [1.165, 1.54) is 32.1 Å². The van der Waals surface area contributed by atoms with Gasteiger partial charge in [-0.25, -0.2) is 0 Å². The van der Waals surface area contributed by atoms with Gasteiger partial charge in [-0.1, -0.05) is 33.1 Å². The van der Waals surface area contributed by atoms with Crippen molar-refractivity contribution < 1.29 is 14.6 Å². The molecule has 0 spiro atoms. The molecule has 1 N–H and O–H groups in total. The molecule has 0 aromatic rings. The van der Waals surface area contributed by atoms with Gasteiger partial charge in [0.15, 0.2) is 0 Å². The zero-order valence-electron chi connectivity index (χ0n) is 13.1. The molecule has 0 heterocycles. The Morgan fingerprint density at radius 3 is 2.40 bits per heavy atom. The molecule has 7 unspecified atom stereocenters. The molecule has 116 valence electrons. The van der Waals surface area contributed by atoms with Crippen molar-refractivity contribution in [3.05, 3.63) is 0 Å². The summed E-state index contributed by atoms with van der Waals surface area (Å²) < 4.78 is 5.06. The highest BCUT2D eigenvalue weighted by Crippen LogP contribution is 2.61. The van der Waals surface area contributed by atoms with Crippen LogP contribution in [0.1, 0.15) is 46.0 Å². The van der Waals surface area contributed by atoms with Crippen LogP contribution in [0.2, 0.25) is 0 Å². The lowest BCUT2D eigenvalue weighted by Gasteiger charge is -2.40. The van der Waals surface area contributed by atoms with Crippen molar-refractivity contribution in [3.63, 3.8) is 0 Å². The average Bonchev–Trinajstić information content (AvgIpc) is 3.00. The molecule has 3 saturated carbocycles. The van der Waals surface area contributed by atoms with Gasteiger partial charge in [-0.3, -0.25) is 4.79 Å². The lowest BCUT2D eigenvalue weighted by atomic mass is 9.66. The SMILES string of the molecule is CC1CCCC(C)C2C3CC(CC3COC=O)C12.CO. The molecule has 0 radical (unpaired) electrons. The third-order valence-electron chi connectivity index (χ3n) is 6.28. The normalized spacial score (nSPS) is 45.9. The fourth-order valence-electron chi connectivity index (χ4n) is 5.73. The van der Waals surface area contributed by atoms with Gasteiger partial charge < -0.3 is 9.84 Å². The quantitative estimate of drug-likeness (QED) is 0.809. The molecular weight excluding hydrogens is 252 g/mol. The number of rotatable bonds is 3. The first-order valence-corrected chi connectivity index (χ1v) is 8.22. The maximum absolute atomic E-state index is 10.4. The first-order chi connectivity index (χ1) is 9.72. The smallest absolute Gasteiger partial charge is 0.293 e. The van der Waals surface area contributed by atoms with Crippen LogP contribution in [0.25, 0.3) is 0 Å². The summed E-state index contributed by atoms with van der Waals surface area (Å²) >= 11 is 0. The maximum atomic E-state index is 10.4. The molecule has 0 aromatic carbocycles. The van der Waals surface area contributed by atoms with Gasteiger partial charge in [0, 0.05) is 7.11 Å². The molecular formula is C17H30O3. The van der Waals surface area contributed by atoms with Gasteiger partial charge >= 0.3 is 0 Å². The number of aliphatic hydroxyl groups excluding tert-OH is 1. The molecule has 2 bridgehead atoms. The van der Waals surface area contributed by atoms with Crippen LogP contribution in [-0.2, 0) is 9.53 Å². The van der Waals surface area contributed by atoms with Crippen LogP contribution < -0.4 is 0 Å². The van der Waals surface area contributed by atoms with Crippen molar-refractivity contribution >= 4 is 6.47 Å². The minimum atomic E-state index is 0.628. The fraction of sp³-hybridized carbons (Fsp3) is 0.941. The monoisotopic (exact) mass is 282 g/mol. The molecule has 3 nitrogen and oxygen atoms in total. The number of hydrogen-bond acceptors (Lipinski definition) is 3. The fourth-order valence-corrected chi connectivity index (χ4v) is 5.73. The third-order valence-corrected chi connectivity index (χ3v) is 6.28. The second kappa shape index (κ2) is 6.93. The van der Waals surface area contributed by atoms with Gasteiger partial charge in [0.1, 0.15) is 0 Å². The summed E-state index contributed by atoms with van der Waals surface area (Å²) in [6, 6.07) is 0. The van der Waals surface area contributed by atoms with Gasteiger partial charge in [0.2, 0.25) is 0 Å². The highest BCUT2D eigenvalue weighted by atomic mass is 16.5. The van der Waals surface area contributed by atoms with E-state index in [0.717, 1.165) is 42.6 Å². The van der Waals surface area contributed by atoms with Crippen molar-refractivity contribution in [3.8, 4) is 0 Å². The van der Waals surface area contributed by atoms with Crippen molar-refractivity contribution in [2.45, 2.75) is 46.0 Å². The predicted octanol–water partition coefficient (Wildman–Crippen LogP) is 3.11. The van der Waals surface area contributed by atoms with Crippen LogP contribution in [0, 0.1) is 41.4 Å². The lowest BCUT2D eigenvalue weighted by molar-refractivity contribution is -0.131. The highest BCUT2D eigenvalue weighted by molar-refractivity contribution is 5.36. The van der Waals surface area contributed by atoms with Crippen molar-refractivity contribution in [1.29, 1.82) is 0 Å². The van der Waals surface area contributed by atoms with E-state index in [0.29, 0.717) is 19.0 Å². The summed E-state index contributed by atoms with van der Waals surface area (Å²) in [6.07, 6.45) is 7.00. The summed E-state index contributed by atoms with van der Waals surface area (Å²) in [4.78, 5) is 10.4. The number of ether oxygens (including phenoxy) is 1. The van der Waals surface area contributed by atoms with Crippen LogP contribution in [0.4, 0.5) is 0 Å². The topological polar surface area (TPSA) is 46.5 Å². The summed E-state index contributed by atoms with van der Waals surface area (Å²) in [6.45, 7) is 6.25. The number of carbonyl (C=O) groups excluding carboxylic acids is 1. The summed E-state index contributed by atoms with van der Waals surface area (Å²) in [5, 5.41) is 7.00. The third kappa shape index (κ3) is 2.74. The standard InChI is InChI=1S/C16H26O2.CH4O/c1-10-4-3-5-11(2)16-14-7-12(15(10)16)6-13(14)8-18-9-17;1-2/h9-16H,3-8H2,1-2H3;2H,1H3. The Kier molecular flexibility index (Phi) is 5.48. The second-order valence-electron chi connectivity index (χ2n) is 7.13. The van der Waals surface area contributed by atoms with Crippen LogP contribution in [-0.4, -0.2) is 25.3 Å². The first-order valence-electron chi connectivity index (χ1n) is 8.22. The molecule has 0 saturated heterocycles. The van der Waals surface area contributed by atoms with E-state index in [1.807, 2.05) is 0 Å². The van der Waals surface area contributed by atoms with E-state index in [4.69, 9.17) is 9.84 Å². The number of fused-ring (bicyclic) bond motifs is 5. The van der Waals surface area contributed by atoms with Crippen molar-refractivity contribution in [1.82, 2.24) is 0 Å². The molecule has 20 heavy (non-hydrogen) atoms. The Balaban J connectivity index is 0.000000704. The van der Waals surface area contributed by atoms with E-state index < -0.39 is 0 Å². The minimum Gasteiger partial charge on any atom is -0.468 e.